The molecule has 1 rings (SSSR count). The first-order chi connectivity index (χ1) is 8.14. The first kappa shape index (κ1) is 15.9. The van der Waals surface area contributed by atoms with Gasteiger partial charge < -0.3 is 19.6 Å². The Bertz CT molecular complexity index is 468. The van der Waals surface area contributed by atoms with Crippen LogP contribution in [-0.2, 0) is 15.6 Å². The zero-order valence-electron chi connectivity index (χ0n) is 9.50. The van der Waals surface area contributed by atoms with Crippen molar-refractivity contribution in [3.63, 3.8) is 0 Å². The summed E-state index contributed by atoms with van der Waals surface area (Å²) in [4.78, 5) is 36.9. The van der Waals surface area contributed by atoms with Gasteiger partial charge in [-0.15, -0.1) is 11.8 Å². The van der Waals surface area contributed by atoms with Crippen molar-refractivity contribution in [1.29, 1.82) is 0 Å². The second-order valence-electron chi connectivity index (χ2n) is 3.71. The van der Waals surface area contributed by atoms with Gasteiger partial charge >= 0.3 is 15.2 Å². The molecule has 0 saturated carbocycles. The first-order valence-corrected chi connectivity index (χ1v) is 9.46. The molecule has 0 fully saturated rings. The molecule has 0 amide bonds. The molecule has 0 atom stereocenters. The van der Waals surface area contributed by atoms with Crippen LogP contribution in [0.5, 0.6) is 0 Å². The van der Waals surface area contributed by atoms with Crippen molar-refractivity contribution in [2.45, 2.75) is 16.7 Å². The lowest BCUT2D eigenvalue weighted by molar-refractivity contribution is 0.338. The van der Waals surface area contributed by atoms with Crippen molar-refractivity contribution in [2.75, 3.05) is 6.26 Å². The lowest BCUT2D eigenvalue weighted by Crippen LogP contribution is -2.12. The molecule has 0 aromatic heterocycles. The number of rotatable bonds is 5. The van der Waals surface area contributed by atoms with E-state index in [9.17, 15) is 9.13 Å². The third-order valence-corrected chi connectivity index (χ3v) is 6.82. The van der Waals surface area contributed by atoms with Crippen LogP contribution in [0, 0.1) is 0 Å². The maximum absolute atomic E-state index is 11.1. The summed E-state index contributed by atoms with van der Waals surface area (Å²) in [5, 5.41) is -1.98. The summed E-state index contributed by atoms with van der Waals surface area (Å²) in [7, 11) is -9.70. The highest BCUT2D eigenvalue weighted by atomic mass is 32.2. The van der Waals surface area contributed by atoms with E-state index in [-0.39, 0.29) is 6.42 Å². The summed E-state index contributed by atoms with van der Waals surface area (Å²) >= 11 is 1.50. The van der Waals surface area contributed by atoms with Crippen molar-refractivity contribution in [2.24, 2.45) is 0 Å². The van der Waals surface area contributed by atoms with Crippen LogP contribution in [0.1, 0.15) is 5.56 Å². The van der Waals surface area contributed by atoms with E-state index < -0.39 is 20.6 Å². The normalized spacial score (nSPS) is 13.0. The Labute approximate surface area is 109 Å². The van der Waals surface area contributed by atoms with E-state index in [2.05, 4.69) is 0 Å². The van der Waals surface area contributed by atoms with Crippen molar-refractivity contribution in [1.82, 2.24) is 0 Å². The topological polar surface area (TPSA) is 115 Å². The molecule has 6 nitrogen and oxygen atoms in total. The van der Waals surface area contributed by atoms with Crippen LogP contribution in [-0.4, -0.2) is 31.2 Å². The molecule has 0 spiro atoms. The zero-order chi connectivity index (χ0) is 14.0. The van der Waals surface area contributed by atoms with E-state index in [1.807, 2.05) is 6.26 Å². The van der Waals surface area contributed by atoms with Crippen molar-refractivity contribution in [3.8, 4) is 0 Å². The number of hydrogen-bond acceptors (Lipinski definition) is 3. The molecule has 1 aromatic carbocycles. The second kappa shape index (κ2) is 5.88. The van der Waals surface area contributed by atoms with Crippen LogP contribution >= 0.6 is 27.0 Å². The lowest BCUT2D eigenvalue weighted by atomic mass is 10.2. The molecule has 102 valence electrons. The lowest BCUT2D eigenvalue weighted by Gasteiger charge is -2.19. The highest BCUT2D eigenvalue weighted by molar-refractivity contribution is 7.98. The SMILES string of the molecule is CSc1ccc(CC(P(=O)(O)O)P(=O)(O)O)cc1. The average molecular weight is 312 g/mol. The monoisotopic (exact) mass is 312 g/mol. The largest absolute Gasteiger partial charge is 0.341 e. The van der Waals surface area contributed by atoms with Gasteiger partial charge in [0.2, 0.25) is 0 Å². The van der Waals surface area contributed by atoms with E-state index in [0.717, 1.165) is 4.90 Å². The molecular formula is C9H14O6P2S. The quantitative estimate of drug-likeness (QED) is 0.482. The van der Waals surface area contributed by atoms with Gasteiger partial charge in [0.1, 0.15) is 0 Å². The number of hydrogen-bond donors (Lipinski definition) is 4. The van der Waals surface area contributed by atoms with E-state index >= 15 is 0 Å². The van der Waals surface area contributed by atoms with Crippen LogP contribution in [0.25, 0.3) is 0 Å². The minimum atomic E-state index is -4.85. The van der Waals surface area contributed by atoms with Gasteiger partial charge in [-0.25, -0.2) is 0 Å². The highest BCUT2D eigenvalue weighted by Gasteiger charge is 2.43. The van der Waals surface area contributed by atoms with Gasteiger partial charge in [-0.2, -0.15) is 0 Å². The van der Waals surface area contributed by atoms with Crippen LogP contribution in [0.15, 0.2) is 29.2 Å². The van der Waals surface area contributed by atoms with Gasteiger partial charge in [0.25, 0.3) is 0 Å². The van der Waals surface area contributed by atoms with E-state index in [1.54, 1.807) is 24.3 Å². The fraction of sp³-hybridized carbons (Fsp3) is 0.333. The summed E-state index contributed by atoms with van der Waals surface area (Å²) < 4.78 is 22.2. The molecule has 0 bridgehead atoms. The summed E-state index contributed by atoms with van der Waals surface area (Å²) in [5.74, 6) is 0. The summed E-state index contributed by atoms with van der Waals surface area (Å²) in [6.07, 6.45) is 1.52. The van der Waals surface area contributed by atoms with Gasteiger partial charge in [-0.1, -0.05) is 12.1 Å². The first-order valence-electron chi connectivity index (χ1n) is 4.88. The Balaban J connectivity index is 2.97. The Morgan fingerprint density at radius 3 is 1.83 bits per heavy atom. The van der Waals surface area contributed by atoms with Crippen LogP contribution in [0.2, 0.25) is 0 Å². The second-order valence-corrected chi connectivity index (χ2v) is 8.60. The molecular weight excluding hydrogens is 298 g/mol. The van der Waals surface area contributed by atoms with Crippen LogP contribution in [0.4, 0.5) is 0 Å². The standard InChI is InChI=1S/C9H14O6P2S/c1-18-8-4-2-7(3-5-8)6-9(16(10,11)12)17(13,14)15/h2-5,9H,6H2,1H3,(H2,10,11,12)(H2,13,14,15). The van der Waals surface area contributed by atoms with Gasteiger partial charge in [0.15, 0.2) is 5.40 Å². The summed E-state index contributed by atoms with van der Waals surface area (Å²) in [5.41, 5.74) is 0.476. The Morgan fingerprint density at radius 1 is 1.06 bits per heavy atom. The Hall–Kier alpha value is -0.130. The Morgan fingerprint density at radius 2 is 1.50 bits per heavy atom. The molecule has 0 saturated heterocycles. The smallest absolute Gasteiger partial charge is 0.324 e. The van der Waals surface area contributed by atoms with Crippen molar-refractivity contribution >= 4 is 27.0 Å². The number of benzene rings is 1. The average Bonchev–Trinajstić information content (AvgIpc) is 2.23. The van der Waals surface area contributed by atoms with Gasteiger partial charge in [0.05, 0.1) is 0 Å². The molecule has 9 heteroatoms. The van der Waals surface area contributed by atoms with Crippen molar-refractivity contribution in [3.05, 3.63) is 29.8 Å². The Kier molecular flexibility index (Phi) is 5.21. The molecule has 18 heavy (non-hydrogen) atoms. The third kappa shape index (κ3) is 4.52. The maximum Gasteiger partial charge on any atom is 0.341 e. The zero-order valence-corrected chi connectivity index (χ0v) is 12.1. The molecule has 0 radical (unpaired) electrons. The number of thioether (sulfide) groups is 1. The van der Waals surface area contributed by atoms with Gasteiger partial charge in [-0.05, 0) is 30.4 Å². The molecule has 0 aliphatic rings. The third-order valence-electron chi connectivity index (χ3n) is 2.35. The van der Waals surface area contributed by atoms with E-state index in [4.69, 9.17) is 19.6 Å². The van der Waals surface area contributed by atoms with Gasteiger partial charge in [0, 0.05) is 4.90 Å². The van der Waals surface area contributed by atoms with Crippen LogP contribution < -0.4 is 0 Å². The minimum absolute atomic E-state index is 0.358. The molecule has 0 unspecified atom stereocenters. The predicted molar refractivity (Wildman–Crippen MR) is 69.8 cm³/mol. The molecule has 0 aliphatic heterocycles. The maximum atomic E-state index is 11.1. The summed E-state index contributed by atoms with van der Waals surface area (Å²) in [6.45, 7) is 0. The van der Waals surface area contributed by atoms with E-state index in [0.29, 0.717) is 5.56 Å². The molecule has 0 aliphatic carbocycles. The molecule has 1 aromatic rings. The minimum Gasteiger partial charge on any atom is -0.324 e. The summed E-state index contributed by atoms with van der Waals surface area (Å²) in [6, 6.07) is 6.67. The highest BCUT2D eigenvalue weighted by Crippen LogP contribution is 2.60. The van der Waals surface area contributed by atoms with E-state index in [1.165, 1.54) is 11.8 Å². The van der Waals surface area contributed by atoms with Gasteiger partial charge in [-0.3, -0.25) is 9.13 Å². The van der Waals surface area contributed by atoms with Crippen LogP contribution in [0.3, 0.4) is 0 Å². The van der Waals surface area contributed by atoms with Crippen molar-refractivity contribution < 1.29 is 28.7 Å². The fourth-order valence-corrected chi connectivity index (χ4v) is 4.28. The fourth-order valence-electron chi connectivity index (χ4n) is 1.41. The predicted octanol–water partition coefficient (Wildman–Crippen LogP) is 1.63. The molecule has 0 heterocycles. The molecule has 4 N–H and O–H groups in total.